The highest BCUT2D eigenvalue weighted by molar-refractivity contribution is 7.80. The standard InChI is InChI=1S/C22H20ClN3O3S/c1-29-16-9-7-15(8-10-16)24-22(30)25-11-12-26-17(13-25)18(21(27)28)19(23)20(26)14-5-3-2-4-6-14/h2-10H,11-13H2,1H3,(H,24,30)(H,27,28). The monoisotopic (exact) mass is 441 g/mol. The minimum absolute atomic E-state index is 0.132. The van der Waals surface area contributed by atoms with Gasteiger partial charge < -0.3 is 24.6 Å². The van der Waals surface area contributed by atoms with E-state index in [1.54, 1.807) is 7.11 Å². The molecular formula is C22H20ClN3O3S. The molecule has 4 rings (SSSR count). The number of methoxy groups -OCH3 is 1. The van der Waals surface area contributed by atoms with Crippen LogP contribution < -0.4 is 10.1 Å². The van der Waals surface area contributed by atoms with Crippen LogP contribution in [0, 0.1) is 0 Å². The second kappa shape index (κ2) is 8.38. The number of carboxylic acid groups (broad SMARTS) is 1. The summed E-state index contributed by atoms with van der Waals surface area (Å²) in [5, 5.41) is 13.8. The smallest absolute Gasteiger partial charge is 0.339 e. The minimum atomic E-state index is -1.04. The van der Waals surface area contributed by atoms with Gasteiger partial charge in [0.1, 0.15) is 11.3 Å². The first-order valence-electron chi connectivity index (χ1n) is 9.39. The predicted molar refractivity (Wildman–Crippen MR) is 121 cm³/mol. The summed E-state index contributed by atoms with van der Waals surface area (Å²) in [6.45, 7) is 1.58. The summed E-state index contributed by atoms with van der Waals surface area (Å²) in [5.74, 6) is -0.279. The fourth-order valence-corrected chi connectivity index (χ4v) is 4.35. The van der Waals surface area contributed by atoms with Gasteiger partial charge in [-0.2, -0.15) is 0 Å². The van der Waals surface area contributed by atoms with Gasteiger partial charge in [0.15, 0.2) is 5.11 Å². The zero-order chi connectivity index (χ0) is 21.3. The van der Waals surface area contributed by atoms with E-state index in [4.69, 9.17) is 28.6 Å². The number of aromatic carboxylic acids is 1. The number of benzene rings is 2. The van der Waals surface area contributed by atoms with Gasteiger partial charge in [-0.3, -0.25) is 0 Å². The highest BCUT2D eigenvalue weighted by atomic mass is 35.5. The van der Waals surface area contributed by atoms with Crippen LogP contribution >= 0.6 is 23.8 Å². The Balaban J connectivity index is 1.63. The van der Waals surface area contributed by atoms with Crippen LogP contribution in [0.3, 0.4) is 0 Å². The summed E-state index contributed by atoms with van der Waals surface area (Å²) in [5.41, 5.74) is 3.24. The van der Waals surface area contributed by atoms with Gasteiger partial charge in [-0.05, 0) is 42.0 Å². The molecule has 0 radical (unpaired) electrons. The lowest BCUT2D eigenvalue weighted by atomic mass is 10.1. The van der Waals surface area contributed by atoms with E-state index < -0.39 is 5.97 Å². The van der Waals surface area contributed by atoms with Crippen LogP contribution in [0.5, 0.6) is 5.75 Å². The van der Waals surface area contributed by atoms with Crippen molar-refractivity contribution in [3.8, 4) is 17.0 Å². The number of fused-ring (bicyclic) bond motifs is 1. The Kier molecular flexibility index (Phi) is 5.65. The number of aromatic nitrogens is 1. The van der Waals surface area contributed by atoms with Crippen LogP contribution in [0.2, 0.25) is 5.02 Å². The molecule has 0 fully saturated rings. The highest BCUT2D eigenvalue weighted by Gasteiger charge is 2.31. The van der Waals surface area contributed by atoms with Crippen LogP contribution in [-0.2, 0) is 13.1 Å². The first-order valence-corrected chi connectivity index (χ1v) is 10.2. The van der Waals surface area contributed by atoms with Crippen LogP contribution in [0.25, 0.3) is 11.3 Å². The molecule has 0 unspecified atom stereocenters. The van der Waals surface area contributed by atoms with E-state index in [1.165, 1.54) is 0 Å². The number of nitrogens with one attached hydrogen (secondary N) is 1. The van der Waals surface area contributed by atoms with Gasteiger partial charge in [-0.15, -0.1) is 0 Å². The molecule has 2 aromatic carbocycles. The van der Waals surface area contributed by atoms with Crippen molar-refractivity contribution < 1.29 is 14.6 Å². The molecule has 6 nitrogen and oxygen atoms in total. The number of carbonyl (C=O) groups is 1. The van der Waals surface area contributed by atoms with Gasteiger partial charge in [0, 0.05) is 18.8 Å². The Bertz CT molecular complexity index is 1100. The largest absolute Gasteiger partial charge is 0.497 e. The van der Waals surface area contributed by atoms with Crippen molar-refractivity contribution in [3.05, 3.63) is 70.9 Å². The van der Waals surface area contributed by atoms with Gasteiger partial charge in [-0.1, -0.05) is 41.9 Å². The Labute approximate surface area is 184 Å². The van der Waals surface area contributed by atoms with Crippen molar-refractivity contribution in [2.75, 3.05) is 19.0 Å². The molecule has 1 aromatic heterocycles. The third-order valence-corrected chi connectivity index (χ3v) is 5.86. The molecule has 8 heteroatoms. The molecule has 30 heavy (non-hydrogen) atoms. The van der Waals surface area contributed by atoms with Crippen molar-refractivity contribution in [1.82, 2.24) is 9.47 Å². The molecule has 3 aromatic rings. The fraction of sp³-hybridized carbons (Fsp3) is 0.182. The number of rotatable bonds is 4. The van der Waals surface area contributed by atoms with Crippen LogP contribution in [-0.4, -0.2) is 39.3 Å². The number of thiocarbonyl (C=S) groups is 1. The van der Waals surface area contributed by atoms with Crippen molar-refractivity contribution in [1.29, 1.82) is 0 Å². The van der Waals surface area contributed by atoms with Crippen molar-refractivity contribution >= 4 is 40.6 Å². The molecule has 1 aliphatic heterocycles. The summed E-state index contributed by atoms with van der Waals surface area (Å²) in [7, 11) is 1.62. The average molecular weight is 442 g/mol. The topological polar surface area (TPSA) is 66.7 Å². The molecule has 0 aliphatic carbocycles. The molecule has 0 atom stereocenters. The average Bonchev–Trinajstić information content (AvgIpc) is 3.06. The van der Waals surface area contributed by atoms with E-state index >= 15 is 0 Å². The summed E-state index contributed by atoms with van der Waals surface area (Å²) >= 11 is 12.1. The van der Waals surface area contributed by atoms with Gasteiger partial charge in [-0.25, -0.2) is 4.79 Å². The first kappa shape index (κ1) is 20.3. The van der Waals surface area contributed by atoms with Crippen molar-refractivity contribution in [2.24, 2.45) is 0 Å². The summed E-state index contributed by atoms with van der Waals surface area (Å²) in [6, 6.07) is 17.1. The lowest BCUT2D eigenvalue weighted by molar-refractivity contribution is 0.0694. The predicted octanol–water partition coefficient (Wildman–Crippen LogP) is 4.73. The van der Waals surface area contributed by atoms with E-state index in [-0.39, 0.29) is 10.6 Å². The van der Waals surface area contributed by atoms with Gasteiger partial charge in [0.25, 0.3) is 0 Å². The molecule has 0 spiro atoms. The van der Waals surface area contributed by atoms with Crippen LogP contribution in [0.1, 0.15) is 16.1 Å². The van der Waals surface area contributed by atoms with Crippen molar-refractivity contribution in [2.45, 2.75) is 13.1 Å². The Morgan fingerprint density at radius 3 is 2.47 bits per heavy atom. The molecule has 0 saturated heterocycles. The summed E-state index contributed by atoms with van der Waals surface area (Å²) in [4.78, 5) is 13.9. The van der Waals surface area contributed by atoms with E-state index in [0.717, 1.165) is 22.7 Å². The molecule has 0 bridgehead atoms. The lowest BCUT2D eigenvalue weighted by Crippen LogP contribution is -2.41. The number of carboxylic acids is 1. The second-order valence-corrected chi connectivity index (χ2v) is 7.65. The third-order valence-electron chi connectivity index (χ3n) is 5.14. The summed E-state index contributed by atoms with van der Waals surface area (Å²) in [6.07, 6.45) is 0. The fourth-order valence-electron chi connectivity index (χ4n) is 3.67. The van der Waals surface area contributed by atoms with Crippen LogP contribution in [0.4, 0.5) is 5.69 Å². The van der Waals surface area contributed by atoms with E-state index in [2.05, 4.69) is 5.32 Å². The normalized spacial score (nSPS) is 12.9. The summed E-state index contributed by atoms with van der Waals surface area (Å²) < 4.78 is 7.17. The molecule has 2 N–H and O–H groups in total. The van der Waals surface area contributed by atoms with E-state index in [1.807, 2.05) is 64.1 Å². The maximum atomic E-state index is 12.0. The zero-order valence-corrected chi connectivity index (χ0v) is 17.8. The molecular weight excluding hydrogens is 422 g/mol. The van der Waals surface area contributed by atoms with Crippen LogP contribution in [0.15, 0.2) is 54.6 Å². The maximum Gasteiger partial charge on any atom is 0.339 e. The van der Waals surface area contributed by atoms with Gasteiger partial charge >= 0.3 is 5.97 Å². The zero-order valence-electron chi connectivity index (χ0n) is 16.3. The Hall–Kier alpha value is -3.03. The molecule has 2 heterocycles. The molecule has 1 aliphatic rings. The quantitative estimate of drug-likeness (QED) is 0.571. The second-order valence-electron chi connectivity index (χ2n) is 6.89. The first-order chi connectivity index (χ1) is 14.5. The Morgan fingerprint density at radius 1 is 1.13 bits per heavy atom. The highest BCUT2D eigenvalue weighted by Crippen LogP contribution is 2.38. The van der Waals surface area contributed by atoms with E-state index in [0.29, 0.717) is 30.4 Å². The molecule has 0 amide bonds. The number of ether oxygens (including phenoxy) is 1. The van der Waals surface area contributed by atoms with Gasteiger partial charge in [0.2, 0.25) is 0 Å². The number of nitrogens with zero attached hydrogens (tertiary/aromatic N) is 2. The number of hydrogen-bond acceptors (Lipinski definition) is 3. The Morgan fingerprint density at radius 2 is 1.83 bits per heavy atom. The van der Waals surface area contributed by atoms with E-state index in [9.17, 15) is 9.90 Å². The molecule has 0 saturated carbocycles. The minimum Gasteiger partial charge on any atom is -0.497 e. The van der Waals surface area contributed by atoms with Crippen molar-refractivity contribution in [3.63, 3.8) is 0 Å². The van der Waals surface area contributed by atoms with Gasteiger partial charge in [0.05, 0.1) is 30.1 Å². The lowest BCUT2D eigenvalue weighted by Gasteiger charge is -2.32. The maximum absolute atomic E-state index is 12.0. The number of anilines is 1. The SMILES string of the molecule is COc1ccc(NC(=S)N2CCn3c(c(C(=O)O)c(Cl)c3-c3ccccc3)C2)cc1. The third kappa shape index (κ3) is 3.74. The molecule has 154 valence electrons. The number of halogens is 1. The number of hydrogen-bond donors (Lipinski definition) is 2.